The Morgan fingerprint density at radius 2 is 1.86 bits per heavy atom. The van der Waals surface area contributed by atoms with Crippen LogP contribution in [0.3, 0.4) is 0 Å². The molecule has 3 aromatic rings. The fourth-order valence-electron chi connectivity index (χ4n) is 2.88. The van der Waals surface area contributed by atoms with Crippen LogP contribution in [-0.2, 0) is 6.42 Å². The Kier molecular flexibility index (Phi) is 5.65. The molecule has 8 nitrogen and oxygen atoms in total. The summed E-state index contributed by atoms with van der Waals surface area (Å²) in [5.41, 5.74) is 0.804. The van der Waals surface area contributed by atoms with E-state index in [0.29, 0.717) is 17.8 Å². The molecule has 4 rings (SSSR count). The van der Waals surface area contributed by atoms with Gasteiger partial charge in [0.1, 0.15) is 5.82 Å². The Balaban J connectivity index is 1.58. The average Bonchev–Trinajstić information content (AvgIpc) is 3.15. The largest absolute Gasteiger partial charge is 0.338 e. The van der Waals surface area contributed by atoms with Crippen LogP contribution in [0, 0.1) is 0 Å². The normalized spacial score (nSPS) is 15.0. The summed E-state index contributed by atoms with van der Waals surface area (Å²) in [6, 6.07) is 5.66. The highest BCUT2D eigenvalue weighted by atomic mass is 35.5. The Bertz CT molecular complexity index is 954. The Labute approximate surface area is 172 Å². The first-order valence-corrected chi connectivity index (χ1v) is 10.3. The molecule has 3 aromatic heterocycles. The summed E-state index contributed by atoms with van der Waals surface area (Å²) < 4.78 is 0.727. The van der Waals surface area contributed by atoms with Crippen LogP contribution in [0.5, 0.6) is 0 Å². The van der Waals surface area contributed by atoms with Crippen LogP contribution in [0.2, 0.25) is 4.34 Å². The molecule has 0 saturated carbocycles. The SMILES string of the molecule is CCc1nc(Nc2nccc(-c3ccc(Cl)s3)n2)nc(N2CCN(C)CC2)n1. The van der Waals surface area contributed by atoms with E-state index in [4.69, 9.17) is 11.6 Å². The van der Waals surface area contributed by atoms with Gasteiger partial charge in [-0.25, -0.2) is 9.97 Å². The van der Waals surface area contributed by atoms with E-state index in [9.17, 15) is 0 Å². The fraction of sp³-hybridized carbons (Fsp3) is 0.389. The lowest BCUT2D eigenvalue weighted by Gasteiger charge is -2.32. The van der Waals surface area contributed by atoms with E-state index in [-0.39, 0.29) is 0 Å². The zero-order valence-corrected chi connectivity index (χ0v) is 17.3. The molecular formula is C18H21ClN8S. The van der Waals surface area contributed by atoms with Crippen molar-refractivity contribution in [3.05, 3.63) is 34.6 Å². The number of rotatable bonds is 5. The van der Waals surface area contributed by atoms with Crippen molar-refractivity contribution in [2.24, 2.45) is 0 Å². The quantitative estimate of drug-likeness (QED) is 0.679. The zero-order chi connectivity index (χ0) is 19.5. The molecule has 1 saturated heterocycles. The van der Waals surface area contributed by atoms with Gasteiger partial charge in [-0.3, -0.25) is 5.32 Å². The number of likely N-dealkylation sites (N-methyl/N-ethyl adjacent to an activating group) is 1. The predicted molar refractivity (Wildman–Crippen MR) is 113 cm³/mol. The van der Waals surface area contributed by atoms with Crippen LogP contribution in [-0.4, -0.2) is 63.0 Å². The third-order valence-corrected chi connectivity index (χ3v) is 5.73. The first kappa shape index (κ1) is 19.0. The number of aromatic nitrogens is 5. The highest BCUT2D eigenvalue weighted by Gasteiger charge is 2.18. The molecule has 28 heavy (non-hydrogen) atoms. The van der Waals surface area contributed by atoms with Gasteiger partial charge in [-0.15, -0.1) is 11.3 Å². The Hall–Kier alpha value is -2.36. The van der Waals surface area contributed by atoms with E-state index in [0.717, 1.165) is 53.3 Å². The van der Waals surface area contributed by atoms with Gasteiger partial charge in [-0.05, 0) is 25.2 Å². The second-order valence-corrected chi connectivity index (χ2v) is 8.23. The van der Waals surface area contributed by atoms with Crippen molar-refractivity contribution < 1.29 is 0 Å². The van der Waals surface area contributed by atoms with E-state index in [1.165, 1.54) is 11.3 Å². The second kappa shape index (κ2) is 8.34. The summed E-state index contributed by atoms with van der Waals surface area (Å²) in [7, 11) is 2.13. The Morgan fingerprint density at radius 3 is 2.57 bits per heavy atom. The third-order valence-electron chi connectivity index (χ3n) is 4.48. The van der Waals surface area contributed by atoms with Gasteiger partial charge in [0, 0.05) is 38.8 Å². The van der Waals surface area contributed by atoms with Crippen molar-refractivity contribution in [1.82, 2.24) is 29.8 Å². The topological polar surface area (TPSA) is 83.0 Å². The molecule has 1 fully saturated rings. The van der Waals surface area contributed by atoms with E-state index >= 15 is 0 Å². The number of anilines is 3. The Morgan fingerprint density at radius 1 is 1.04 bits per heavy atom. The van der Waals surface area contributed by atoms with Crippen LogP contribution in [0.1, 0.15) is 12.7 Å². The van der Waals surface area contributed by atoms with Gasteiger partial charge in [0.05, 0.1) is 14.9 Å². The molecule has 0 radical (unpaired) electrons. The third kappa shape index (κ3) is 4.37. The maximum Gasteiger partial charge on any atom is 0.234 e. The van der Waals surface area contributed by atoms with E-state index in [1.807, 2.05) is 25.1 Å². The number of thiophene rings is 1. The molecule has 4 heterocycles. The monoisotopic (exact) mass is 416 g/mol. The van der Waals surface area contributed by atoms with Crippen LogP contribution in [0.4, 0.5) is 17.8 Å². The molecule has 0 aliphatic carbocycles. The van der Waals surface area contributed by atoms with Gasteiger partial charge < -0.3 is 9.80 Å². The maximum absolute atomic E-state index is 6.04. The van der Waals surface area contributed by atoms with Gasteiger partial charge >= 0.3 is 0 Å². The highest BCUT2D eigenvalue weighted by molar-refractivity contribution is 7.19. The number of nitrogens with zero attached hydrogens (tertiary/aromatic N) is 7. The van der Waals surface area contributed by atoms with E-state index in [1.54, 1.807) is 6.20 Å². The summed E-state index contributed by atoms with van der Waals surface area (Å²) in [6.07, 6.45) is 2.44. The molecule has 1 aliphatic rings. The smallest absolute Gasteiger partial charge is 0.234 e. The lowest BCUT2D eigenvalue weighted by molar-refractivity contribution is 0.311. The molecule has 0 amide bonds. The van der Waals surface area contributed by atoms with Gasteiger partial charge in [0.2, 0.25) is 17.8 Å². The molecular weight excluding hydrogens is 396 g/mol. The van der Waals surface area contributed by atoms with Crippen molar-refractivity contribution in [3.63, 3.8) is 0 Å². The van der Waals surface area contributed by atoms with Gasteiger partial charge in [0.25, 0.3) is 0 Å². The number of halogens is 1. The standard InChI is InChI=1S/C18H21ClN8S/c1-3-15-22-17(25-18(23-15)27-10-8-26(2)9-11-27)24-16-20-7-6-12(21-16)13-4-5-14(19)28-13/h4-7H,3,8-11H2,1-2H3,(H,20,21,22,23,24,25). The summed E-state index contributed by atoms with van der Waals surface area (Å²) in [5, 5.41) is 3.13. The first-order valence-electron chi connectivity index (χ1n) is 9.15. The number of piperazine rings is 1. The highest BCUT2D eigenvalue weighted by Crippen LogP contribution is 2.30. The molecule has 0 bridgehead atoms. The fourth-order valence-corrected chi connectivity index (χ4v) is 3.89. The summed E-state index contributed by atoms with van der Waals surface area (Å²) in [6.45, 7) is 5.81. The van der Waals surface area contributed by atoms with Crippen molar-refractivity contribution >= 4 is 40.8 Å². The molecule has 0 spiro atoms. The molecule has 1 N–H and O–H groups in total. The second-order valence-electron chi connectivity index (χ2n) is 6.51. The molecule has 0 unspecified atom stereocenters. The summed E-state index contributed by atoms with van der Waals surface area (Å²) in [5.74, 6) is 2.35. The molecule has 146 valence electrons. The van der Waals surface area contributed by atoms with Crippen LogP contribution in [0.25, 0.3) is 10.6 Å². The summed E-state index contributed by atoms with van der Waals surface area (Å²) in [4.78, 5) is 28.1. The van der Waals surface area contributed by atoms with Crippen molar-refractivity contribution in [3.8, 4) is 10.6 Å². The lowest BCUT2D eigenvalue weighted by atomic mass is 10.3. The number of nitrogens with one attached hydrogen (secondary N) is 1. The first-order chi connectivity index (χ1) is 13.6. The minimum absolute atomic E-state index is 0.444. The maximum atomic E-state index is 6.04. The van der Waals surface area contributed by atoms with Gasteiger partial charge in [-0.1, -0.05) is 18.5 Å². The molecule has 1 aliphatic heterocycles. The molecule has 0 atom stereocenters. The zero-order valence-electron chi connectivity index (χ0n) is 15.8. The van der Waals surface area contributed by atoms with Gasteiger partial charge in [-0.2, -0.15) is 15.0 Å². The summed E-state index contributed by atoms with van der Waals surface area (Å²) >= 11 is 7.52. The van der Waals surface area contributed by atoms with Crippen molar-refractivity contribution in [2.75, 3.05) is 43.4 Å². The predicted octanol–water partition coefficient (Wildman–Crippen LogP) is 3.10. The number of hydrogen-bond donors (Lipinski definition) is 1. The molecule has 0 aromatic carbocycles. The molecule has 10 heteroatoms. The van der Waals surface area contributed by atoms with Crippen LogP contribution >= 0.6 is 22.9 Å². The number of hydrogen-bond acceptors (Lipinski definition) is 9. The lowest BCUT2D eigenvalue weighted by Crippen LogP contribution is -2.45. The van der Waals surface area contributed by atoms with Crippen LogP contribution in [0.15, 0.2) is 24.4 Å². The number of aryl methyl sites for hydroxylation is 1. The van der Waals surface area contributed by atoms with E-state index in [2.05, 4.69) is 47.1 Å². The van der Waals surface area contributed by atoms with Crippen LogP contribution < -0.4 is 10.2 Å². The van der Waals surface area contributed by atoms with Crippen molar-refractivity contribution in [1.29, 1.82) is 0 Å². The minimum atomic E-state index is 0.444. The van der Waals surface area contributed by atoms with Gasteiger partial charge in [0.15, 0.2) is 0 Å². The average molecular weight is 417 g/mol. The minimum Gasteiger partial charge on any atom is -0.338 e. The van der Waals surface area contributed by atoms with E-state index < -0.39 is 0 Å². The van der Waals surface area contributed by atoms with Crippen molar-refractivity contribution in [2.45, 2.75) is 13.3 Å².